The van der Waals surface area contributed by atoms with Gasteiger partial charge in [0.1, 0.15) is 6.54 Å². The second-order valence-electron chi connectivity index (χ2n) is 3.70. The summed E-state index contributed by atoms with van der Waals surface area (Å²) < 4.78 is 6.19. The van der Waals surface area contributed by atoms with E-state index in [1.165, 1.54) is 22.8 Å². The molecule has 0 saturated carbocycles. The van der Waals surface area contributed by atoms with E-state index in [9.17, 15) is 14.9 Å². The van der Waals surface area contributed by atoms with E-state index in [-0.39, 0.29) is 24.1 Å². The van der Waals surface area contributed by atoms with Crippen LogP contribution in [0.3, 0.4) is 0 Å². The first-order valence-electron chi connectivity index (χ1n) is 5.48. The van der Waals surface area contributed by atoms with Crippen LogP contribution < -0.4 is 0 Å². The van der Waals surface area contributed by atoms with Crippen LogP contribution in [0.4, 0.5) is 5.69 Å². The number of ether oxygens (including phenoxy) is 1. The maximum absolute atomic E-state index is 11.5. The van der Waals surface area contributed by atoms with E-state index >= 15 is 0 Å². The fourth-order valence-corrected chi connectivity index (χ4v) is 1.92. The highest BCUT2D eigenvalue weighted by Crippen LogP contribution is 2.24. The fraction of sp³-hybridized carbons (Fsp3) is 0.273. The predicted molar refractivity (Wildman–Crippen MR) is 68.0 cm³/mol. The number of nitro benzene ring substituents is 1. The highest BCUT2D eigenvalue weighted by Gasteiger charge is 2.16. The van der Waals surface area contributed by atoms with E-state index in [1.54, 1.807) is 6.92 Å². The molecule has 100 valence electrons. The van der Waals surface area contributed by atoms with Crippen LogP contribution in [0.15, 0.2) is 18.2 Å². The summed E-state index contributed by atoms with van der Waals surface area (Å²) in [6.07, 6.45) is 0. The third kappa shape index (κ3) is 2.65. The second-order valence-corrected chi connectivity index (χ2v) is 4.04. The highest BCUT2D eigenvalue weighted by molar-refractivity contribution is 6.29. The number of halogens is 1. The Morgan fingerprint density at radius 3 is 2.95 bits per heavy atom. The number of carbonyl (C=O) groups is 1. The Morgan fingerprint density at radius 1 is 1.58 bits per heavy atom. The summed E-state index contributed by atoms with van der Waals surface area (Å²) in [6, 6.07) is 4.15. The summed E-state index contributed by atoms with van der Waals surface area (Å²) in [7, 11) is 0. The minimum Gasteiger partial charge on any atom is -0.465 e. The van der Waals surface area contributed by atoms with Gasteiger partial charge in [-0.15, -0.1) is 0 Å². The van der Waals surface area contributed by atoms with Crippen molar-refractivity contribution in [1.29, 1.82) is 0 Å². The summed E-state index contributed by atoms with van der Waals surface area (Å²) in [5, 5.41) is 10.8. The van der Waals surface area contributed by atoms with Crippen molar-refractivity contribution in [2.75, 3.05) is 6.61 Å². The topological polar surface area (TPSA) is 87.3 Å². The van der Waals surface area contributed by atoms with Crippen LogP contribution in [-0.4, -0.2) is 27.1 Å². The van der Waals surface area contributed by atoms with E-state index in [4.69, 9.17) is 16.3 Å². The Morgan fingerprint density at radius 2 is 2.32 bits per heavy atom. The molecule has 8 heteroatoms. The lowest BCUT2D eigenvalue weighted by Crippen LogP contribution is -2.13. The van der Waals surface area contributed by atoms with Crippen LogP contribution in [0.25, 0.3) is 11.0 Å². The smallest absolute Gasteiger partial charge is 0.326 e. The molecule has 0 unspecified atom stereocenters. The summed E-state index contributed by atoms with van der Waals surface area (Å²) in [5.74, 6) is -0.477. The van der Waals surface area contributed by atoms with Gasteiger partial charge in [0, 0.05) is 12.1 Å². The number of fused-ring (bicyclic) bond motifs is 1. The summed E-state index contributed by atoms with van der Waals surface area (Å²) in [4.78, 5) is 25.7. The molecule has 0 bridgehead atoms. The van der Waals surface area contributed by atoms with E-state index in [0.29, 0.717) is 11.0 Å². The van der Waals surface area contributed by atoms with Crippen molar-refractivity contribution >= 4 is 34.3 Å². The largest absolute Gasteiger partial charge is 0.465 e. The van der Waals surface area contributed by atoms with Gasteiger partial charge < -0.3 is 9.30 Å². The molecule has 0 aliphatic rings. The first kappa shape index (κ1) is 13.3. The molecule has 0 radical (unpaired) electrons. The lowest BCUT2D eigenvalue weighted by atomic mass is 10.3. The van der Waals surface area contributed by atoms with Gasteiger partial charge >= 0.3 is 5.97 Å². The second kappa shape index (κ2) is 5.23. The molecular weight excluding hydrogens is 274 g/mol. The highest BCUT2D eigenvalue weighted by atomic mass is 35.5. The van der Waals surface area contributed by atoms with Crippen molar-refractivity contribution in [2.24, 2.45) is 0 Å². The first-order valence-corrected chi connectivity index (χ1v) is 5.86. The van der Waals surface area contributed by atoms with E-state index in [1.807, 2.05) is 0 Å². The third-order valence-corrected chi connectivity index (χ3v) is 2.78. The summed E-state index contributed by atoms with van der Waals surface area (Å²) in [5.41, 5.74) is 0.821. The molecule has 1 aromatic heterocycles. The number of benzene rings is 1. The first-order chi connectivity index (χ1) is 9.02. The van der Waals surface area contributed by atoms with Crippen LogP contribution in [-0.2, 0) is 16.1 Å². The van der Waals surface area contributed by atoms with Crippen molar-refractivity contribution in [3.63, 3.8) is 0 Å². The molecule has 1 aromatic carbocycles. The number of nitro groups is 1. The number of rotatable bonds is 4. The van der Waals surface area contributed by atoms with Crippen molar-refractivity contribution in [3.8, 4) is 0 Å². The van der Waals surface area contributed by atoms with Crippen molar-refractivity contribution < 1.29 is 14.5 Å². The standard InChI is InChI=1S/C11H10ClN3O4/c1-2-19-10(16)6-14-9-5-7(15(17)18)3-4-8(9)13-11(14)12/h3-5H,2,6H2,1H3. The fourth-order valence-electron chi connectivity index (χ4n) is 1.68. The third-order valence-electron chi connectivity index (χ3n) is 2.49. The molecule has 0 spiro atoms. The molecule has 0 N–H and O–H groups in total. The molecule has 0 aliphatic heterocycles. The van der Waals surface area contributed by atoms with Crippen LogP contribution in [0.2, 0.25) is 5.28 Å². The molecule has 19 heavy (non-hydrogen) atoms. The van der Waals surface area contributed by atoms with Crippen molar-refractivity contribution in [1.82, 2.24) is 9.55 Å². The van der Waals surface area contributed by atoms with Gasteiger partial charge in [-0.1, -0.05) is 0 Å². The quantitative estimate of drug-likeness (QED) is 0.487. The van der Waals surface area contributed by atoms with E-state index in [2.05, 4.69) is 4.98 Å². The zero-order chi connectivity index (χ0) is 14.0. The average Bonchev–Trinajstić information content (AvgIpc) is 2.65. The number of esters is 1. The Balaban J connectivity index is 2.46. The molecule has 0 amide bonds. The number of carbonyl (C=O) groups excluding carboxylic acids is 1. The molecule has 1 heterocycles. The molecule has 0 atom stereocenters. The van der Waals surface area contributed by atoms with E-state index < -0.39 is 10.9 Å². The van der Waals surface area contributed by atoms with Crippen LogP contribution in [0, 0.1) is 10.1 Å². The zero-order valence-corrected chi connectivity index (χ0v) is 10.8. The van der Waals surface area contributed by atoms with Gasteiger partial charge in [0.05, 0.1) is 22.6 Å². The summed E-state index contributed by atoms with van der Waals surface area (Å²) >= 11 is 5.92. The van der Waals surface area contributed by atoms with Crippen LogP contribution in [0.1, 0.15) is 6.92 Å². The molecule has 0 saturated heterocycles. The number of hydrogen-bond acceptors (Lipinski definition) is 5. The maximum Gasteiger partial charge on any atom is 0.326 e. The molecule has 2 rings (SSSR count). The maximum atomic E-state index is 11.5. The monoisotopic (exact) mass is 283 g/mol. The normalized spacial score (nSPS) is 10.6. The Kier molecular flexibility index (Phi) is 3.66. The van der Waals surface area contributed by atoms with Crippen molar-refractivity contribution in [3.05, 3.63) is 33.6 Å². The zero-order valence-electron chi connectivity index (χ0n) is 10.00. The minimum atomic E-state index is -0.519. The number of nitrogens with zero attached hydrogens (tertiary/aromatic N) is 3. The molecule has 0 fully saturated rings. The number of non-ortho nitro benzene ring substituents is 1. The molecule has 2 aromatic rings. The lowest BCUT2D eigenvalue weighted by molar-refractivity contribution is -0.384. The van der Waals surface area contributed by atoms with Crippen LogP contribution >= 0.6 is 11.6 Å². The van der Waals surface area contributed by atoms with Gasteiger partial charge in [-0.25, -0.2) is 4.98 Å². The van der Waals surface area contributed by atoms with Gasteiger partial charge in [0.25, 0.3) is 5.69 Å². The summed E-state index contributed by atoms with van der Waals surface area (Å²) in [6.45, 7) is 1.81. The Hall–Kier alpha value is -2.15. The van der Waals surface area contributed by atoms with Gasteiger partial charge in [0.2, 0.25) is 5.28 Å². The SMILES string of the molecule is CCOC(=O)Cn1c(Cl)nc2ccc([N+](=O)[O-])cc21. The predicted octanol–water partition coefficient (Wildman–Crippen LogP) is 2.16. The number of aromatic nitrogens is 2. The van der Waals surface area contributed by atoms with Crippen molar-refractivity contribution in [2.45, 2.75) is 13.5 Å². The lowest BCUT2D eigenvalue weighted by Gasteiger charge is -2.05. The van der Waals surface area contributed by atoms with Gasteiger partial charge in [0.15, 0.2) is 0 Å². The van der Waals surface area contributed by atoms with Gasteiger partial charge in [-0.3, -0.25) is 14.9 Å². The Labute approximate surface area is 112 Å². The van der Waals surface area contributed by atoms with Gasteiger partial charge in [-0.2, -0.15) is 0 Å². The minimum absolute atomic E-state index is 0.0866. The Bertz CT molecular complexity index is 653. The number of hydrogen-bond donors (Lipinski definition) is 0. The molecular formula is C11H10ClN3O4. The van der Waals surface area contributed by atoms with Gasteiger partial charge in [-0.05, 0) is 24.6 Å². The number of imidazole rings is 1. The van der Waals surface area contributed by atoms with E-state index in [0.717, 1.165) is 0 Å². The van der Waals surface area contributed by atoms with Crippen LogP contribution in [0.5, 0.6) is 0 Å². The molecule has 7 nitrogen and oxygen atoms in total. The average molecular weight is 284 g/mol. The molecule has 0 aliphatic carbocycles.